The fourth-order valence-electron chi connectivity index (χ4n) is 1.95. The van der Waals surface area contributed by atoms with E-state index in [0.29, 0.717) is 23.8 Å². The number of ether oxygens (including phenoxy) is 2. The highest BCUT2D eigenvalue weighted by Crippen LogP contribution is 2.28. The number of nitrogens with one attached hydrogen (secondary N) is 1. The van der Waals surface area contributed by atoms with Crippen LogP contribution in [0, 0.1) is 5.82 Å². The lowest BCUT2D eigenvalue weighted by molar-refractivity contribution is -0.111. The van der Waals surface area contributed by atoms with Crippen molar-refractivity contribution >= 4 is 17.7 Å². The first-order valence-corrected chi connectivity index (χ1v) is 7.18. The number of benzene rings is 2. The molecule has 0 atom stereocenters. The third-order valence-electron chi connectivity index (χ3n) is 3.03. The largest absolute Gasteiger partial charge is 0.493 e. The van der Waals surface area contributed by atoms with Gasteiger partial charge in [-0.25, -0.2) is 4.39 Å². The van der Waals surface area contributed by atoms with Crippen LogP contribution in [0.1, 0.15) is 12.5 Å². The molecule has 0 saturated carbocycles. The molecule has 2 rings (SSSR count). The van der Waals surface area contributed by atoms with Crippen LogP contribution in [0.5, 0.6) is 11.5 Å². The predicted octanol–water partition coefficient (Wildman–Crippen LogP) is 3.88. The summed E-state index contributed by atoms with van der Waals surface area (Å²) in [6.45, 7) is 2.44. The molecule has 1 N–H and O–H groups in total. The van der Waals surface area contributed by atoms with Crippen LogP contribution in [0.3, 0.4) is 0 Å². The van der Waals surface area contributed by atoms with Crippen LogP contribution < -0.4 is 14.8 Å². The van der Waals surface area contributed by atoms with E-state index in [1.54, 1.807) is 25.3 Å². The van der Waals surface area contributed by atoms with Gasteiger partial charge in [-0.3, -0.25) is 4.79 Å². The number of anilines is 1. The van der Waals surface area contributed by atoms with Gasteiger partial charge in [-0.2, -0.15) is 0 Å². The molecule has 0 aliphatic heterocycles. The van der Waals surface area contributed by atoms with Crippen molar-refractivity contribution < 1.29 is 18.7 Å². The molecular weight excluding hydrogens is 297 g/mol. The summed E-state index contributed by atoms with van der Waals surface area (Å²) >= 11 is 0. The molecule has 23 heavy (non-hydrogen) atoms. The Morgan fingerprint density at radius 2 is 1.91 bits per heavy atom. The summed E-state index contributed by atoms with van der Waals surface area (Å²) in [6.07, 6.45) is 3.07. The molecule has 2 aromatic rings. The van der Waals surface area contributed by atoms with Crippen molar-refractivity contribution in [2.45, 2.75) is 6.92 Å². The third-order valence-corrected chi connectivity index (χ3v) is 3.03. The highest BCUT2D eigenvalue weighted by molar-refractivity contribution is 6.01. The third kappa shape index (κ3) is 4.85. The summed E-state index contributed by atoms with van der Waals surface area (Å²) in [4.78, 5) is 11.8. The van der Waals surface area contributed by atoms with Crippen LogP contribution in [0.4, 0.5) is 10.1 Å². The second-order valence-electron chi connectivity index (χ2n) is 4.67. The second kappa shape index (κ2) is 7.98. The van der Waals surface area contributed by atoms with Gasteiger partial charge in [0.2, 0.25) is 5.91 Å². The van der Waals surface area contributed by atoms with Crippen molar-refractivity contribution in [3.05, 3.63) is 59.9 Å². The van der Waals surface area contributed by atoms with Crippen LogP contribution in [-0.2, 0) is 4.79 Å². The first-order valence-electron chi connectivity index (χ1n) is 7.18. The number of carbonyl (C=O) groups excluding carboxylic acids is 1. The standard InChI is InChI=1S/C18H18FNO3/c1-3-23-16-10-4-13(12-17(16)22-2)5-11-18(21)20-15-8-6-14(19)7-9-15/h4-12H,3H2,1-2H3,(H,20,21)/b11-5+. The lowest BCUT2D eigenvalue weighted by Gasteiger charge is -2.09. The van der Waals surface area contributed by atoms with E-state index in [4.69, 9.17) is 9.47 Å². The van der Waals surface area contributed by atoms with Crippen LogP contribution >= 0.6 is 0 Å². The maximum atomic E-state index is 12.8. The Morgan fingerprint density at radius 3 is 2.57 bits per heavy atom. The van der Waals surface area contributed by atoms with Crippen molar-refractivity contribution in [1.82, 2.24) is 0 Å². The Balaban J connectivity index is 2.04. The molecule has 0 saturated heterocycles. The number of hydrogen-bond acceptors (Lipinski definition) is 3. The maximum absolute atomic E-state index is 12.8. The van der Waals surface area contributed by atoms with Gasteiger partial charge in [0.1, 0.15) is 5.82 Å². The predicted molar refractivity (Wildman–Crippen MR) is 88.2 cm³/mol. The molecule has 0 fully saturated rings. The van der Waals surface area contributed by atoms with E-state index in [0.717, 1.165) is 5.56 Å². The number of halogens is 1. The van der Waals surface area contributed by atoms with Gasteiger partial charge in [0, 0.05) is 11.8 Å². The second-order valence-corrected chi connectivity index (χ2v) is 4.67. The Kier molecular flexibility index (Phi) is 5.74. The van der Waals surface area contributed by atoms with E-state index in [9.17, 15) is 9.18 Å². The normalized spacial score (nSPS) is 10.6. The van der Waals surface area contributed by atoms with Gasteiger partial charge in [0.05, 0.1) is 13.7 Å². The lowest BCUT2D eigenvalue weighted by atomic mass is 10.2. The number of amides is 1. The summed E-state index contributed by atoms with van der Waals surface area (Å²) in [6, 6.07) is 11.0. The van der Waals surface area contributed by atoms with Gasteiger partial charge in [0.15, 0.2) is 11.5 Å². The Morgan fingerprint density at radius 1 is 1.17 bits per heavy atom. The molecule has 0 radical (unpaired) electrons. The van der Waals surface area contributed by atoms with Crippen molar-refractivity contribution in [2.24, 2.45) is 0 Å². The van der Waals surface area contributed by atoms with E-state index in [1.165, 1.54) is 30.3 Å². The molecule has 0 heterocycles. The highest BCUT2D eigenvalue weighted by atomic mass is 19.1. The molecule has 120 valence electrons. The van der Waals surface area contributed by atoms with Gasteiger partial charge in [-0.1, -0.05) is 6.07 Å². The Bertz CT molecular complexity index is 696. The number of methoxy groups -OCH3 is 1. The molecule has 1 amide bonds. The van der Waals surface area contributed by atoms with E-state index in [1.807, 2.05) is 13.0 Å². The van der Waals surface area contributed by atoms with Crippen molar-refractivity contribution in [2.75, 3.05) is 19.0 Å². The minimum atomic E-state index is -0.347. The van der Waals surface area contributed by atoms with Gasteiger partial charge in [0.25, 0.3) is 0 Å². The summed E-state index contributed by atoms with van der Waals surface area (Å²) in [5.41, 5.74) is 1.34. The quantitative estimate of drug-likeness (QED) is 0.823. The first kappa shape index (κ1) is 16.5. The fraction of sp³-hybridized carbons (Fsp3) is 0.167. The molecule has 0 unspecified atom stereocenters. The Labute approximate surface area is 134 Å². The molecular formula is C18H18FNO3. The zero-order chi connectivity index (χ0) is 16.7. The molecule has 2 aromatic carbocycles. The van der Waals surface area contributed by atoms with E-state index in [-0.39, 0.29) is 11.7 Å². The van der Waals surface area contributed by atoms with Crippen molar-refractivity contribution in [3.8, 4) is 11.5 Å². The SMILES string of the molecule is CCOc1ccc(/C=C/C(=O)Nc2ccc(F)cc2)cc1OC. The molecule has 4 nitrogen and oxygen atoms in total. The summed E-state index contributed by atoms with van der Waals surface area (Å²) in [7, 11) is 1.56. The fourth-order valence-corrected chi connectivity index (χ4v) is 1.95. The van der Waals surface area contributed by atoms with Gasteiger partial charge in [-0.05, 0) is 55.0 Å². The molecule has 0 spiro atoms. The summed E-state index contributed by atoms with van der Waals surface area (Å²) in [5, 5.41) is 2.65. The van der Waals surface area contributed by atoms with Crippen molar-refractivity contribution in [3.63, 3.8) is 0 Å². The van der Waals surface area contributed by atoms with Crippen LogP contribution in [0.25, 0.3) is 6.08 Å². The Hall–Kier alpha value is -2.82. The van der Waals surface area contributed by atoms with Crippen LogP contribution in [0.15, 0.2) is 48.5 Å². The highest BCUT2D eigenvalue weighted by Gasteiger charge is 2.04. The number of hydrogen-bond donors (Lipinski definition) is 1. The topological polar surface area (TPSA) is 47.6 Å². The smallest absolute Gasteiger partial charge is 0.248 e. The van der Waals surface area contributed by atoms with Gasteiger partial charge in [-0.15, -0.1) is 0 Å². The van der Waals surface area contributed by atoms with E-state index < -0.39 is 0 Å². The van der Waals surface area contributed by atoms with E-state index in [2.05, 4.69) is 5.32 Å². The zero-order valence-corrected chi connectivity index (χ0v) is 13.0. The summed E-state index contributed by atoms with van der Waals surface area (Å²) < 4.78 is 23.5. The number of carbonyl (C=O) groups is 1. The van der Waals surface area contributed by atoms with Gasteiger partial charge >= 0.3 is 0 Å². The van der Waals surface area contributed by atoms with E-state index >= 15 is 0 Å². The molecule has 0 bridgehead atoms. The first-order chi connectivity index (χ1) is 11.1. The molecule has 0 aliphatic rings. The average molecular weight is 315 g/mol. The van der Waals surface area contributed by atoms with Crippen LogP contribution in [-0.4, -0.2) is 19.6 Å². The molecule has 5 heteroatoms. The average Bonchev–Trinajstić information content (AvgIpc) is 2.56. The minimum absolute atomic E-state index is 0.301. The van der Waals surface area contributed by atoms with Gasteiger partial charge < -0.3 is 14.8 Å². The number of rotatable bonds is 6. The van der Waals surface area contributed by atoms with Crippen molar-refractivity contribution in [1.29, 1.82) is 0 Å². The minimum Gasteiger partial charge on any atom is -0.493 e. The molecule has 0 aromatic heterocycles. The van der Waals surface area contributed by atoms with Crippen LogP contribution in [0.2, 0.25) is 0 Å². The lowest BCUT2D eigenvalue weighted by Crippen LogP contribution is -2.07. The summed E-state index contributed by atoms with van der Waals surface area (Å²) in [5.74, 6) is 0.611. The maximum Gasteiger partial charge on any atom is 0.248 e. The molecule has 0 aliphatic carbocycles. The zero-order valence-electron chi connectivity index (χ0n) is 13.0. The monoisotopic (exact) mass is 315 g/mol.